The van der Waals surface area contributed by atoms with Gasteiger partial charge in [0.05, 0.1) is 12.2 Å². The van der Waals surface area contributed by atoms with E-state index in [-0.39, 0.29) is 11.9 Å². The van der Waals surface area contributed by atoms with Crippen LogP contribution in [0.2, 0.25) is 0 Å². The van der Waals surface area contributed by atoms with Gasteiger partial charge in [0.1, 0.15) is 0 Å². The van der Waals surface area contributed by atoms with E-state index in [0.717, 1.165) is 5.92 Å². The van der Waals surface area contributed by atoms with Crippen LogP contribution in [0.25, 0.3) is 0 Å². The lowest BCUT2D eigenvalue weighted by molar-refractivity contribution is -0.138. The highest BCUT2D eigenvalue weighted by molar-refractivity contribution is 5.76. The fourth-order valence-electron chi connectivity index (χ4n) is 0.577. The molecule has 1 aliphatic heterocycles. The molecule has 11 heavy (non-hydrogen) atoms. The van der Waals surface area contributed by atoms with Crippen LogP contribution in [0.3, 0.4) is 0 Å². The molecule has 0 aromatic rings. The minimum Gasteiger partial charge on any atom is -0.434 e. The summed E-state index contributed by atoms with van der Waals surface area (Å²) in [5.74, 6) is 0.903. The monoisotopic (exact) mass is 154 g/mol. The number of hydrogen-bond donors (Lipinski definition) is 0. The number of hydrogen-bond acceptors (Lipinski definition) is 2. The fraction of sp³-hybridized carbons (Fsp3) is 0.667. The van der Waals surface area contributed by atoms with Crippen molar-refractivity contribution in [1.29, 1.82) is 0 Å². The van der Waals surface area contributed by atoms with Gasteiger partial charge in [0, 0.05) is 0 Å². The zero-order chi connectivity index (χ0) is 8.27. The van der Waals surface area contributed by atoms with Crippen LogP contribution in [0.1, 0.15) is 26.7 Å². The maximum absolute atomic E-state index is 10.3. The van der Waals surface area contributed by atoms with Gasteiger partial charge in [-0.25, -0.2) is 0 Å². The molecule has 2 rings (SSSR count). The minimum atomic E-state index is -0.153. The minimum absolute atomic E-state index is 0.0278. The number of carbonyl (C=O) groups is 1. The molecule has 0 aromatic heterocycles. The first-order chi connectivity index (χ1) is 5.20. The van der Waals surface area contributed by atoms with Crippen LogP contribution in [0.5, 0.6) is 0 Å². The van der Waals surface area contributed by atoms with Crippen LogP contribution in [0, 0.1) is 11.8 Å². The Kier molecular flexibility index (Phi) is 2.69. The van der Waals surface area contributed by atoms with Crippen LogP contribution in [0.15, 0.2) is 12.3 Å². The average Bonchev–Trinajstić information content (AvgIpc) is 2.65. The molecule has 0 N–H and O–H groups in total. The van der Waals surface area contributed by atoms with E-state index in [1.54, 1.807) is 13.0 Å². The number of esters is 1. The van der Waals surface area contributed by atoms with Crippen molar-refractivity contribution in [2.75, 3.05) is 0 Å². The number of cyclic esters (lactones) is 1. The lowest BCUT2D eigenvalue weighted by Gasteiger charge is -1.89. The standard InChI is InChI=1S/C5H6O2.C4H8/c1-4-2-3-7-5(4)6;1-4-2-3-4/h2-4H,1H3;4H,2-3H2,1H3. The molecule has 1 heterocycles. The molecule has 0 aromatic carbocycles. The molecule has 2 aliphatic rings. The zero-order valence-corrected chi connectivity index (χ0v) is 7.04. The van der Waals surface area contributed by atoms with E-state index in [0.29, 0.717) is 0 Å². The van der Waals surface area contributed by atoms with Gasteiger partial charge in [-0.05, 0) is 18.9 Å². The Morgan fingerprint density at radius 2 is 2.00 bits per heavy atom. The second-order valence-electron chi connectivity index (χ2n) is 3.24. The van der Waals surface area contributed by atoms with Crippen molar-refractivity contribution in [3.63, 3.8) is 0 Å². The Hall–Kier alpha value is -0.790. The molecule has 1 saturated carbocycles. The summed E-state index contributed by atoms with van der Waals surface area (Å²) in [6.45, 7) is 4.08. The summed E-state index contributed by atoms with van der Waals surface area (Å²) in [6, 6.07) is 0. The van der Waals surface area contributed by atoms with E-state index in [2.05, 4.69) is 11.7 Å². The largest absolute Gasteiger partial charge is 0.434 e. The summed E-state index contributed by atoms with van der Waals surface area (Å²) in [4.78, 5) is 10.3. The van der Waals surface area contributed by atoms with Gasteiger partial charge in [-0.2, -0.15) is 0 Å². The van der Waals surface area contributed by atoms with Gasteiger partial charge in [0.2, 0.25) is 0 Å². The normalized spacial score (nSPS) is 27.5. The molecule has 0 saturated heterocycles. The van der Waals surface area contributed by atoms with E-state index in [1.807, 2.05) is 0 Å². The lowest BCUT2D eigenvalue weighted by Crippen LogP contribution is -2.01. The molecule has 1 fully saturated rings. The molecule has 2 heteroatoms. The highest BCUT2D eigenvalue weighted by Gasteiger charge is 2.14. The molecule has 2 nitrogen and oxygen atoms in total. The molecule has 62 valence electrons. The Morgan fingerprint density at radius 3 is 2.09 bits per heavy atom. The van der Waals surface area contributed by atoms with E-state index in [9.17, 15) is 4.79 Å². The van der Waals surface area contributed by atoms with Gasteiger partial charge in [-0.1, -0.05) is 19.8 Å². The maximum Gasteiger partial charge on any atom is 0.317 e. The van der Waals surface area contributed by atoms with E-state index < -0.39 is 0 Å². The van der Waals surface area contributed by atoms with Crippen LogP contribution in [-0.2, 0) is 9.53 Å². The average molecular weight is 154 g/mol. The Balaban J connectivity index is 0.000000128. The van der Waals surface area contributed by atoms with Crippen molar-refractivity contribution in [3.05, 3.63) is 12.3 Å². The quantitative estimate of drug-likeness (QED) is 0.499. The Morgan fingerprint density at radius 1 is 1.45 bits per heavy atom. The topological polar surface area (TPSA) is 26.3 Å². The highest BCUT2D eigenvalue weighted by atomic mass is 16.5. The summed E-state index contributed by atoms with van der Waals surface area (Å²) < 4.78 is 4.45. The molecule has 1 aliphatic carbocycles. The molecule has 0 amide bonds. The molecule has 1 unspecified atom stereocenters. The molecular formula is C9H14O2. The predicted octanol–water partition coefficient (Wildman–Crippen LogP) is 2.11. The van der Waals surface area contributed by atoms with Gasteiger partial charge in [-0.3, -0.25) is 4.79 Å². The zero-order valence-electron chi connectivity index (χ0n) is 7.04. The third-order valence-corrected chi connectivity index (χ3v) is 1.79. The second-order valence-corrected chi connectivity index (χ2v) is 3.24. The smallest absolute Gasteiger partial charge is 0.317 e. The molecular weight excluding hydrogens is 140 g/mol. The van der Waals surface area contributed by atoms with Gasteiger partial charge >= 0.3 is 5.97 Å². The summed E-state index contributed by atoms with van der Waals surface area (Å²) in [6.07, 6.45) is 6.12. The maximum atomic E-state index is 10.3. The summed E-state index contributed by atoms with van der Waals surface area (Å²) >= 11 is 0. The van der Waals surface area contributed by atoms with Crippen molar-refractivity contribution in [2.45, 2.75) is 26.7 Å². The van der Waals surface area contributed by atoms with Crippen LogP contribution in [0.4, 0.5) is 0 Å². The summed E-state index contributed by atoms with van der Waals surface area (Å²) in [5, 5.41) is 0. The van der Waals surface area contributed by atoms with Gasteiger partial charge < -0.3 is 4.74 Å². The van der Waals surface area contributed by atoms with Crippen molar-refractivity contribution in [2.24, 2.45) is 11.8 Å². The first-order valence-corrected chi connectivity index (χ1v) is 4.07. The van der Waals surface area contributed by atoms with Crippen molar-refractivity contribution in [3.8, 4) is 0 Å². The van der Waals surface area contributed by atoms with Crippen LogP contribution >= 0.6 is 0 Å². The van der Waals surface area contributed by atoms with Crippen molar-refractivity contribution >= 4 is 5.97 Å². The highest BCUT2D eigenvalue weighted by Crippen LogP contribution is 2.26. The third kappa shape index (κ3) is 3.21. The SMILES string of the molecule is CC1C=COC1=O.CC1CC1. The van der Waals surface area contributed by atoms with Gasteiger partial charge in [-0.15, -0.1) is 0 Å². The van der Waals surface area contributed by atoms with E-state index >= 15 is 0 Å². The fourth-order valence-corrected chi connectivity index (χ4v) is 0.577. The van der Waals surface area contributed by atoms with Crippen LogP contribution in [-0.4, -0.2) is 5.97 Å². The Bertz CT molecular complexity index is 168. The molecule has 0 radical (unpaired) electrons. The van der Waals surface area contributed by atoms with Gasteiger partial charge in [0.15, 0.2) is 0 Å². The van der Waals surface area contributed by atoms with Crippen molar-refractivity contribution < 1.29 is 9.53 Å². The van der Waals surface area contributed by atoms with Gasteiger partial charge in [0.25, 0.3) is 0 Å². The first-order valence-electron chi connectivity index (χ1n) is 4.07. The second kappa shape index (κ2) is 3.56. The third-order valence-electron chi connectivity index (χ3n) is 1.79. The number of carbonyl (C=O) groups excluding carboxylic acids is 1. The first kappa shape index (κ1) is 8.31. The molecule has 0 spiro atoms. The van der Waals surface area contributed by atoms with Crippen LogP contribution < -0.4 is 0 Å². The van der Waals surface area contributed by atoms with Crippen molar-refractivity contribution in [1.82, 2.24) is 0 Å². The Labute approximate surface area is 67.2 Å². The number of rotatable bonds is 0. The number of ether oxygens (including phenoxy) is 1. The van der Waals surface area contributed by atoms with E-state index in [4.69, 9.17) is 0 Å². The summed E-state index contributed by atoms with van der Waals surface area (Å²) in [5.41, 5.74) is 0. The molecule has 0 bridgehead atoms. The molecule has 1 atom stereocenters. The summed E-state index contributed by atoms with van der Waals surface area (Å²) in [7, 11) is 0. The predicted molar refractivity (Wildman–Crippen MR) is 42.8 cm³/mol. The van der Waals surface area contributed by atoms with E-state index in [1.165, 1.54) is 19.1 Å². The lowest BCUT2D eigenvalue weighted by atomic mass is 10.2.